The summed E-state index contributed by atoms with van der Waals surface area (Å²) < 4.78 is 28.1. The maximum atomic E-state index is 13.4. The van der Waals surface area contributed by atoms with Crippen molar-refractivity contribution in [3.63, 3.8) is 0 Å². The van der Waals surface area contributed by atoms with E-state index in [2.05, 4.69) is 5.32 Å². The fourth-order valence-electron chi connectivity index (χ4n) is 5.45. The van der Waals surface area contributed by atoms with Crippen LogP contribution in [-0.2, 0) is 33.2 Å². The first kappa shape index (κ1) is 24.0. The summed E-state index contributed by atoms with van der Waals surface area (Å²) in [7, 11) is -3.58. The molecule has 2 aliphatic heterocycles. The molecule has 0 aromatic heterocycles. The van der Waals surface area contributed by atoms with Crippen LogP contribution in [0.4, 0.5) is 4.79 Å². The van der Waals surface area contributed by atoms with Crippen LogP contribution in [0.5, 0.6) is 0 Å². The van der Waals surface area contributed by atoms with Crippen LogP contribution in [0.1, 0.15) is 42.9 Å². The molecule has 2 heterocycles. The van der Waals surface area contributed by atoms with Gasteiger partial charge >= 0.3 is 6.03 Å². The standard InChI is InChI=1S/C26H32N4O4S/c1-2-26(22-10-4-3-5-11-22)24(31)30(25(32)27-26)19-28-14-16-29(17-15-28)35(33,34)23-13-12-20-8-6-7-9-21(20)18-23/h3-5,10-13,18H,2,6-9,14-17,19H2,1H3,(H,27,32). The molecule has 1 N–H and O–H groups in total. The van der Waals surface area contributed by atoms with E-state index in [0.717, 1.165) is 36.8 Å². The number of nitrogens with one attached hydrogen (secondary N) is 1. The van der Waals surface area contributed by atoms with Gasteiger partial charge in [-0.2, -0.15) is 4.31 Å². The Labute approximate surface area is 206 Å². The van der Waals surface area contributed by atoms with Gasteiger partial charge in [0, 0.05) is 26.2 Å². The Bertz CT molecular complexity index is 1230. The van der Waals surface area contributed by atoms with Crippen molar-refractivity contribution < 1.29 is 18.0 Å². The number of imide groups is 1. The number of rotatable bonds is 6. The van der Waals surface area contributed by atoms with E-state index in [-0.39, 0.29) is 12.6 Å². The van der Waals surface area contributed by atoms with Crippen LogP contribution in [0.15, 0.2) is 53.4 Å². The minimum absolute atomic E-state index is 0.145. The highest BCUT2D eigenvalue weighted by molar-refractivity contribution is 7.89. The molecule has 2 fully saturated rings. The average Bonchev–Trinajstić information content (AvgIpc) is 3.14. The van der Waals surface area contributed by atoms with Crippen molar-refractivity contribution in [3.05, 3.63) is 65.2 Å². The van der Waals surface area contributed by atoms with Gasteiger partial charge in [-0.25, -0.2) is 18.1 Å². The van der Waals surface area contributed by atoms with Crippen LogP contribution in [0.25, 0.3) is 0 Å². The summed E-state index contributed by atoms with van der Waals surface area (Å²) in [6, 6.07) is 14.4. The number of nitrogens with zero attached hydrogens (tertiary/aromatic N) is 3. The number of carbonyl (C=O) groups excluding carboxylic acids is 2. The van der Waals surface area contributed by atoms with Crippen molar-refractivity contribution in [2.75, 3.05) is 32.8 Å². The van der Waals surface area contributed by atoms with Crippen molar-refractivity contribution in [2.45, 2.75) is 49.5 Å². The molecule has 2 saturated heterocycles. The van der Waals surface area contributed by atoms with Crippen molar-refractivity contribution >= 4 is 22.0 Å². The fraction of sp³-hybridized carbons (Fsp3) is 0.462. The molecule has 9 heteroatoms. The molecule has 3 aliphatic rings. The molecule has 1 unspecified atom stereocenters. The smallest absolute Gasteiger partial charge is 0.319 e. The van der Waals surface area contributed by atoms with E-state index in [1.54, 1.807) is 6.07 Å². The maximum absolute atomic E-state index is 13.4. The molecular weight excluding hydrogens is 464 g/mol. The second-order valence-electron chi connectivity index (χ2n) is 9.59. The van der Waals surface area contributed by atoms with Gasteiger partial charge in [-0.15, -0.1) is 0 Å². The van der Waals surface area contributed by atoms with Gasteiger partial charge in [0.25, 0.3) is 5.91 Å². The van der Waals surface area contributed by atoms with Gasteiger partial charge in [0.1, 0.15) is 5.54 Å². The summed E-state index contributed by atoms with van der Waals surface area (Å²) in [6.07, 6.45) is 4.65. The Morgan fingerprint density at radius 3 is 2.29 bits per heavy atom. The van der Waals surface area contributed by atoms with Gasteiger partial charge in [0.15, 0.2) is 0 Å². The predicted octanol–water partition coefficient (Wildman–Crippen LogP) is 2.69. The minimum Gasteiger partial charge on any atom is -0.319 e. The normalized spacial score (nSPS) is 23.9. The molecule has 5 rings (SSSR count). The average molecular weight is 497 g/mol. The molecule has 1 aliphatic carbocycles. The summed E-state index contributed by atoms with van der Waals surface area (Å²) in [5, 5.41) is 2.91. The van der Waals surface area contributed by atoms with Gasteiger partial charge in [-0.05, 0) is 60.9 Å². The largest absolute Gasteiger partial charge is 0.326 e. The highest BCUT2D eigenvalue weighted by Gasteiger charge is 2.51. The number of hydrogen-bond acceptors (Lipinski definition) is 5. The van der Waals surface area contributed by atoms with Gasteiger partial charge in [-0.1, -0.05) is 43.3 Å². The zero-order chi connectivity index (χ0) is 24.6. The highest BCUT2D eigenvalue weighted by Crippen LogP contribution is 2.32. The lowest BCUT2D eigenvalue weighted by molar-refractivity contribution is -0.133. The number of piperazine rings is 1. The van der Waals surface area contributed by atoms with E-state index in [4.69, 9.17) is 0 Å². The Kier molecular flexibility index (Phi) is 6.41. The van der Waals surface area contributed by atoms with Crippen molar-refractivity contribution in [1.82, 2.24) is 19.4 Å². The van der Waals surface area contributed by atoms with Crippen LogP contribution in [-0.4, -0.2) is 67.3 Å². The Morgan fingerprint density at radius 1 is 0.914 bits per heavy atom. The number of aryl methyl sites for hydroxylation is 2. The maximum Gasteiger partial charge on any atom is 0.326 e. The monoisotopic (exact) mass is 496 g/mol. The molecule has 0 spiro atoms. The lowest BCUT2D eigenvalue weighted by atomic mass is 9.87. The molecule has 8 nitrogen and oxygen atoms in total. The molecule has 35 heavy (non-hydrogen) atoms. The summed E-state index contributed by atoms with van der Waals surface area (Å²) in [4.78, 5) is 29.7. The van der Waals surface area contributed by atoms with Crippen molar-refractivity contribution in [3.8, 4) is 0 Å². The molecule has 2 aromatic rings. The Morgan fingerprint density at radius 2 is 1.60 bits per heavy atom. The third kappa shape index (κ3) is 4.26. The van der Waals surface area contributed by atoms with Gasteiger partial charge in [-0.3, -0.25) is 9.69 Å². The van der Waals surface area contributed by atoms with Crippen LogP contribution in [0.2, 0.25) is 0 Å². The highest BCUT2D eigenvalue weighted by atomic mass is 32.2. The molecule has 0 saturated carbocycles. The molecule has 3 amide bonds. The minimum atomic E-state index is -3.58. The lowest BCUT2D eigenvalue weighted by Crippen LogP contribution is -2.52. The summed E-state index contributed by atoms with van der Waals surface area (Å²) in [5.74, 6) is -0.264. The predicted molar refractivity (Wildman–Crippen MR) is 132 cm³/mol. The molecule has 186 valence electrons. The molecule has 0 radical (unpaired) electrons. The quantitative estimate of drug-likeness (QED) is 0.621. The zero-order valence-corrected chi connectivity index (χ0v) is 20.9. The molecular formula is C26H32N4O4S. The SMILES string of the molecule is CCC1(c2ccccc2)NC(=O)N(CN2CCN(S(=O)(=O)c3ccc4c(c3)CCCC4)CC2)C1=O. The number of carbonyl (C=O) groups is 2. The van der Waals surface area contributed by atoms with Crippen molar-refractivity contribution in [1.29, 1.82) is 0 Å². The van der Waals surface area contributed by atoms with Crippen LogP contribution >= 0.6 is 0 Å². The number of fused-ring (bicyclic) bond motifs is 1. The number of urea groups is 1. The zero-order valence-electron chi connectivity index (χ0n) is 20.1. The third-order valence-corrected chi connectivity index (χ3v) is 9.50. The molecule has 2 aromatic carbocycles. The Balaban J connectivity index is 1.25. The number of hydrogen-bond donors (Lipinski definition) is 1. The van der Waals surface area contributed by atoms with Gasteiger partial charge in [0.2, 0.25) is 10.0 Å². The van der Waals surface area contributed by atoms with E-state index >= 15 is 0 Å². The lowest BCUT2D eigenvalue weighted by Gasteiger charge is -2.35. The van der Waals surface area contributed by atoms with Crippen LogP contribution in [0.3, 0.4) is 0 Å². The first-order valence-electron chi connectivity index (χ1n) is 12.4. The van der Waals surface area contributed by atoms with E-state index < -0.39 is 21.6 Å². The van der Waals surface area contributed by atoms with Crippen molar-refractivity contribution in [2.24, 2.45) is 0 Å². The van der Waals surface area contributed by atoms with Crippen LogP contribution in [0, 0.1) is 0 Å². The first-order chi connectivity index (χ1) is 16.8. The number of amides is 3. The van der Waals surface area contributed by atoms with E-state index in [1.165, 1.54) is 14.8 Å². The topological polar surface area (TPSA) is 90.0 Å². The fourth-order valence-corrected chi connectivity index (χ4v) is 6.92. The Hall–Kier alpha value is -2.75. The van der Waals surface area contributed by atoms with E-state index in [0.29, 0.717) is 37.5 Å². The van der Waals surface area contributed by atoms with Crippen LogP contribution < -0.4 is 5.32 Å². The molecule has 0 bridgehead atoms. The summed E-state index contributed by atoms with van der Waals surface area (Å²) >= 11 is 0. The third-order valence-electron chi connectivity index (χ3n) is 7.60. The summed E-state index contributed by atoms with van der Waals surface area (Å²) in [6.45, 7) is 3.57. The van der Waals surface area contributed by atoms with E-state index in [1.807, 2.05) is 54.3 Å². The number of sulfonamides is 1. The van der Waals surface area contributed by atoms with Gasteiger partial charge < -0.3 is 5.32 Å². The van der Waals surface area contributed by atoms with E-state index in [9.17, 15) is 18.0 Å². The van der Waals surface area contributed by atoms with Gasteiger partial charge in [0.05, 0.1) is 11.6 Å². The summed E-state index contributed by atoms with van der Waals surface area (Å²) in [5.41, 5.74) is 2.11. The second kappa shape index (κ2) is 9.37. The number of benzene rings is 2. The first-order valence-corrected chi connectivity index (χ1v) is 13.8. The molecule has 1 atom stereocenters. The second-order valence-corrected chi connectivity index (χ2v) is 11.5.